The fourth-order valence-corrected chi connectivity index (χ4v) is 6.02. The highest BCUT2D eigenvalue weighted by molar-refractivity contribution is 6.35. The van der Waals surface area contributed by atoms with E-state index in [1.165, 1.54) is 12.1 Å². The van der Waals surface area contributed by atoms with Crippen LogP contribution in [0.5, 0.6) is 0 Å². The lowest BCUT2D eigenvalue weighted by molar-refractivity contribution is -0.171. The highest BCUT2D eigenvalue weighted by atomic mass is 35.5. The number of pyridine rings is 1. The minimum Gasteiger partial charge on any atom is -0.381 e. The van der Waals surface area contributed by atoms with Crippen LogP contribution in [-0.4, -0.2) is 90.6 Å². The molecule has 4 heterocycles. The molecule has 0 radical (unpaired) electrons. The average Bonchev–Trinajstić information content (AvgIpc) is 3.45. The number of amides is 2. The first kappa shape index (κ1) is 32.8. The van der Waals surface area contributed by atoms with Gasteiger partial charge in [0, 0.05) is 56.1 Å². The highest BCUT2D eigenvalue weighted by Crippen LogP contribution is 2.36. The van der Waals surface area contributed by atoms with Crippen LogP contribution in [0.2, 0.25) is 10.0 Å². The summed E-state index contributed by atoms with van der Waals surface area (Å²) in [7, 11) is 1.99. The Hall–Kier alpha value is -4.11. The molecule has 2 amide bonds. The molecule has 47 heavy (non-hydrogen) atoms. The molecule has 0 unspecified atom stereocenters. The Kier molecular flexibility index (Phi) is 9.46. The zero-order chi connectivity index (χ0) is 33.3. The van der Waals surface area contributed by atoms with Gasteiger partial charge in [0.2, 0.25) is 0 Å². The van der Waals surface area contributed by atoms with E-state index in [0.717, 1.165) is 13.1 Å². The zero-order valence-electron chi connectivity index (χ0n) is 25.2. The van der Waals surface area contributed by atoms with Gasteiger partial charge in [-0.15, -0.1) is 0 Å². The van der Waals surface area contributed by atoms with Crippen molar-refractivity contribution >= 4 is 74.7 Å². The number of H-pyrrole nitrogens is 1. The second-order valence-electron chi connectivity index (χ2n) is 11.4. The van der Waals surface area contributed by atoms with Crippen LogP contribution in [0.15, 0.2) is 48.5 Å². The first-order valence-corrected chi connectivity index (χ1v) is 15.7. The smallest absolute Gasteiger partial charge is 0.381 e. The van der Waals surface area contributed by atoms with Crippen molar-refractivity contribution in [2.45, 2.75) is 25.1 Å². The number of carbonyl (C=O) groups excluding carboxylic acids is 2. The lowest BCUT2D eigenvalue weighted by atomic mass is 10.0. The van der Waals surface area contributed by atoms with Gasteiger partial charge in [0.25, 0.3) is 5.91 Å². The van der Waals surface area contributed by atoms with Crippen LogP contribution in [-0.2, 0) is 9.53 Å². The summed E-state index contributed by atoms with van der Waals surface area (Å²) < 4.78 is 47.7. The van der Waals surface area contributed by atoms with E-state index in [1.807, 2.05) is 11.9 Å². The monoisotopic (exact) mass is 690 g/mol. The van der Waals surface area contributed by atoms with Crippen molar-refractivity contribution in [3.05, 3.63) is 64.1 Å². The number of ether oxygens (including phenoxy) is 1. The molecule has 248 valence electrons. The number of fused-ring (bicyclic) bond motifs is 1. The van der Waals surface area contributed by atoms with Crippen LogP contribution < -0.4 is 20.4 Å². The summed E-state index contributed by atoms with van der Waals surface area (Å²) in [5, 5.41) is 13.6. The molecule has 6 rings (SSSR count). The first-order valence-electron chi connectivity index (χ1n) is 14.9. The first-order chi connectivity index (χ1) is 22.5. The molecule has 3 N–H and O–H groups in total. The number of halogens is 5. The van der Waals surface area contributed by atoms with Crippen LogP contribution >= 0.6 is 23.2 Å². The van der Waals surface area contributed by atoms with Crippen molar-refractivity contribution in [1.82, 2.24) is 20.1 Å². The van der Waals surface area contributed by atoms with Crippen molar-refractivity contribution in [2.75, 3.05) is 66.9 Å². The number of nitrogens with zero attached hydrogens (tertiary/aromatic N) is 5. The Morgan fingerprint density at radius 1 is 1.02 bits per heavy atom. The van der Waals surface area contributed by atoms with Gasteiger partial charge >= 0.3 is 12.1 Å². The third-order valence-corrected chi connectivity index (χ3v) is 8.77. The molecule has 2 aromatic heterocycles. The number of likely N-dealkylation sites (N-methyl/N-ethyl adjacent to an activating group) is 1. The lowest BCUT2D eigenvalue weighted by Gasteiger charge is -2.37. The van der Waals surface area contributed by atoms with Gasteiger partial charge in [-0.1, -0.05) is 23.2 Å². The molecule has 0 atom stereocenters. The summed E-state index contributed by atoms with van der Waals surface area (Å²) in [5.41, 5.74) is 1.63. The molecule has 4 aromatic rings. The number of nitrogens with one attached hydrogen (secondary N) is 3. The maximum atomic E-state index is 14.1. The second kappa shape index (κ2) is 13.6. The molecular formula is C31H31Cl2F3N8O3. The predicted molar refractivity (Wildman–Crippen MR) is 175 cm³/mol. The summed E-state index contributed by atoms with van der Waals surface area (Å²) in [6.07, 6.45) is -4.81. The molecule has 0 bridgehead atoms. The van der Waals surface area contributed by atoms with Crippen LogP contribution in [0.4, 0.5) is 41.9 Å². The summed E-state index contributed by atoms with van der Waals surface area (Å²) in [6.45, 7) is 3.15. The summed E-state index contributed by atoms with van der Waals surface area (Å²) in [5.74, 6) is -2.39. The van der Waals surface area contributed by atoms with E-state index < -0.39 is 24.0 Å². The van der Waals surface area contributed by atoms with Gasteiger partial charge in [-0.3, -0.25) is 14.7 Å². The summed E-state index contributed by atoms with van der Waals surface area (Å²) in [6, 6.07) is 12.1. The third kappa shape index (κ3) is 7.25. The fourth-order valence-electron chi connectivity index (χ4n) is 5.69. The summed E-state index contributed by atoms with van der Waals surface area (Å²) >= 11 is 12.4. The van der Waals surface area contributed by atoms with Crippen molar-refractivity contribution < 1.29 is 27.5 Å². The average molecular weight is 692 g/mol. The van der Waals surface area contributed by atoms with Gasteiger partial charge in [0.05, 0.1) is 27.5 Å². The van der Waals surface area contributed by atoms with E-state index in [2.05, 4.69) is 30.7 Å². The molecular weight excluding hydrogens is 660 g/mol. The number of hydrogen-bond donors (Lipinski definition) is 3. The number of aromatic amines is 1. The molecule has 2 aliphatic heterocycles. The Labute approximate surface area is 277 Å². The van der Waals surface area contributed by atoms with E-state index in [4.69, 9.17) is 27.9 Å². The van der Waals surface area contributed by atoms with Gasteiger partial charge < -0.3 is 30.1 Å². The number of piperazine rings is 1. The van der Waals surface area contributed by atoms with Crippen LogP contribution in [0.3, 0.4) is 0 Å². The number of alkyl halides is 3. The molecule has 2 aromatic carbocycles. The highest BCUT2D eigenvalue weighted by Gasteiger charge is 2.46. The van der Waals surface area contributed by atoms with Crippen LogP contribution in [0.25, 0.3) is 11.0 Å². The molecule has 0 aliphatic carbocycles. The predicted octanol–water partition coefficient (Wildman–Crippen LogP) is 6.09. The van der Waals surface area contributed by atoms with E-state index in [0.29, 0.717) is 50.7 Å². The number of anilines is 5. The largest absolute Gasteiger partial charge is 0.471 e. The van der Waals surface area contributed by atoms with Gasteiger partial charge in [0.15, 0.2) is 5.82 Å². The molecule has 2 aliphatic rings. The van der Waals surface area contributed by atoms with Crippen molar-refractivity contribution in [2.24, 2.45) is 0 Å². The molecule has 2 saturated heterocycles. The maximum Gasteiger partial charge on any atom is 0.471 e. The zero-order valence-corrected chi connectivity index (χ0v) is 26.7. The quantitative estimate of drug-likeness (QED) is 0.213. The number of hydrogen-bond acceptors (Lipinski definition) is 8. The standard InChI is InChI=1S/C31H31Cl2F3N8O3/c1-42-10-12-43(13-11-42)20-3-4-21(25(17-20)44(30(46)31(34,35)36)19-8-14-47-15-9-19)29(45)39-28-27-23(40-41-28)6-7-26(38-27)37-24-16-18(32)2-5-22(24)33/h2-7,16-17,19H,8-15H2,1H3,(H,37,38)(H2,39,40,41,45). The number of aromatic nitrogens is 3. The van der Waals surface area contributed by atoms with Crippen molar-refractivity contribution in [3.63, 3.8) is 0 Å². The lowest BCUT2D eigenvalue weighted by Crippen LogP contribution is -2.50. The number of rotatable bonds is 7. The molecule has 16 heteroatoms. The van der Waals surface area contributed by atoms with Crippen molar-refractivity contribution in [3.8, 4) is 0 Å². The molecule has 11 nitrogen and oxygen atoms in total. The summed E-state index contributed by atoms with van der Waals surface area (Å²) in [4.78, 5) is 36.4. The molecule has 2 fully saturated rings. The number of carbonyl (C=O) groups is 2. The maximum absolute atomic E-state index is 14.1. The van der Waals surface area contributed by atoms with E-state index in [-0.39, 0.29) is 48.6 Å². The molecule has 0 saturated carbocycles. The SMILES string of the molecule is CN1CCN(c2ccc(C(=O)Nc3n[nH]c4ccc(Nc5cc(Cl)ccc5Cl)nc34)c(N(C(=O)C(F)(F)F)C3CCOCC3)c2)CC1. The Bertz CT molecular complexity index is 1790. The van der Waals surface area contributed by atoms with Crippen LogP contribution in [0.1, 0.15) is 23.2 Å². The Balaban J connectivity index is 1.37. The Morgan fingerprint density at radius 3 is 2.49 bits per heavy atom. The van der Waals surface area contributed by atoms with Gasteiger partial charge in [-0.2, -0.15) is 18.3 Å². The Morgan fingerprint density at radius 2 is 1.77 bits per heavy atom. The van der Waals surface area contributed by atoms with Gasteiger partial charge in [0.1, 0.15) is 11.3 Å². The number of benzene rings is 2. The fraction of sp³-hybridized carbons (Fsp3) is 0.355. The van der Waals surface area contributed by atoms with E-state index in [1.54, 1.807) is 36.4 Å². The normalized spacial score (nSPS) is 16.3. The minimum absolute atomic E-state index is 0.0414. The third-order valence-electron chi connectivity index (χ3n) is 8.20. The second-order valence-corrected chi connectivity index (χ2v) is 12.2. The van der Waals surface area contributed by atoms with Crippen molar-refractivity contribution in [1.29, 1.82) is 0 Å². The van der Waals surface area contributed by atoms with Gasteiger partial charge in [-0.25, -0.2) is 4.98 Å². The molecule has 0 spiro atoms. The minimum atomic E-state index is -5.17. The van der Waals surface area contributed by atoms with E-state index in [9.17, 15) is 22.8 Å². The van der Waals surface area contributed by atoms with Gasteiger partial charge in [-0.05, 0) is 68.4 Å². The van der Waals surface area contributed by atoms with E-state index >= 15 is 0 Å². The van der Waals surface area contributed by atoms with Crippen LogP contribution in [0, 0.1) is 0 Å². The topological polar surface area (TPSA) is 119 Å².